The molecule has 1 fully saturated rings. The van der Waals surface area contributed by atoms with Crippen molar-refractivity contribution in [3.8, 4) is 11.5 Å². The summed E-state index contributed by atoms with van der Waals surface area (Å²) in [7, 11) is 1.55. The van der Waals surface area contributed by atoms with Gasteiger partial charge in [-0.15, -0.1) is 0 Å². The molecule has 0 saturated heterocycles. The van der Waals surface area contributed by atoms with Crippen molar-refractivity contribution in [3.05, 3.63) is 54.1 Å². The number of nitrogens with zero attached hydrogens (tertiary/aromatic N) is 1. The Labute approximate surface area is 193 Å². The van der Waals surface area contributed by atoms with Crippen molar-refractivity contribution in [2.75, 3.05) is 32.2 Å². The average Bonchev–Trinajstić information content (AvgIpc) is 3.67. The zero-order valence-electron chi connectivity index (χ0n) is 19.0. The molecule has 2 aromatic rings. The summed E-state index contributed by atoms with van der Waals surface area (Å²) >= 11 is 0. The fraction of sp³-hybridized carbons (Fsp3) is 0.400. The van der Waals surface area contributed by atoms with Gasteiger partial charge in [-0.2, -0.15) is 0 Å². The first kappa shape index (κ1) is 24.1. The molecule has 1 N–H and O–H groups in total. The number of esters is 1. The van der Waals surface area contributed by atoms with Gasteiger partial charge in [-0.25, -0.2) is 4.79 Å². The molecular formula is C25H30N2O6. The molecule has 0 heterocycles. The number of rotatable bonds is 12. The summed E-state index contributed by atoms with van der Waals surface area (Å²) in [6.07, 6.45) is 2.78. The lowest BCUT2D eigenvalue weighted by Gasteiger charge is -2.22. The molecular weight excluding hydrogens is 424 g/mol. The van der Waals surface area contributed by atoms with Crippen LogP contribution >= 0.6 is 0 Å². The van der Waals surface area contributed by atoms with Crippen molar-refractivity contribution in [2.24, 2.45) is 0 Å². The summed E-state index contributed by atoms with van der Waals surface area (Å²) in [6, 6.07) is 13.8. The van der Waals surface area contributed by atoms with Crippen molar-refractivity contribution in [1.82, 2.24) is 4.90 Å². The molecule has 2 amide bonds. The topological polar surface area (TPSA) is 94.2 Å². The molecule has 1 aliphatic rings. The van der Waals surface area contributed by atoms with Crippen LogP contribution in [0.15, 0.2) is 48.5 Å². The first-order valence-electron chi connectivity index (χ1n) is 11.1. The van der Waals surface area contributed by atoms with E-state index in [-0.39, 0.29) is 36.9 Å². The molecule has 0 atom stereocenters. The summed E-state index contributed by atoms with van der Waals surface area (Å²) in [4.78, 5) is 38.7. The molecule has 8 heteroatoms. The third-order valence-electron chi connectivity index (χ3n) is 5.15. The van der Waals surface area contributed by atoms with Crippen LogP contribution in [-0.2, 0) is 14.3 Å². The number of para-hydroxylation sites is 2. The lowest BCUT2D eigenvalue weighted by atomic mass is 10.2. The largest absolute Gasteiger partial charge is 0.493 e. The Kier molecular flexibility index (Phi) is 8.69. The highest BCUT2D eigenvalue weighted by atomic mass is 16.5. The van der Waals surface area contributed by atoms with Gasteiger partial charge < -0.3 is 24.4 Å². The lowest BCUT2D eigenvalue weighted by Crippen LogP contribution is -2.38. The van der Waals surface area contributed by atoms with Gasteiger partial charge in [0.15, 0.2) is 18.1 Å². The van der Waals surface area contributed by atoms with Gasteiger partial charge in [-0.3, -0.25) is 9.59 Å². The normalized spacial score (nSPS) is 12.5. The first-order valence-corrected chi connectivity index (χ1v) is 11.1. The number of methoxy groups -OCH3 is 1. The molecule has 33 heavy (non-hydrogen) atoms. The number of hydrogen-bond acceptors (Lipinski definition) is 6. The van der Waals surface area contributed by atoms with Gasteiger partial charge in [0.25, 0.3) is 5.91 Å². The van der Waals surface area contributed by atoms with Crippen molar-refractivity contribution in [1.29, 1.82) is 0 Å². The Balaban J connectivity index is 1.48. The van der Waals surface area contributed by atoms with Gasteiger partial charge in [0.2, 0.25) is 5.91 Å². The van der Waals surface area contributed by atoms with Crippen LogP contribution in [0.2, 0.25) is 0 Å². The van der Waals surface area contributed by atoms with Gasteiger partial charge in [0.05, 0.1) is 19.3 Å². The number of benzene rings is 2. The van der Waals surface area contributed by atoms with Crippen LogP contribution in [0.5, 0.6) is 11.5 Å². The van der Waals surface area contributed by atoms with Crippen LogP contribution in [0.25, 0.3) is 0 Å². The predicted octanol–water partition coefficient (Wildman–Crippen LogP) is 3.66. The van der Waals surface area contributed by atoms with E-state index in [0.717, 1.165) is 19.3 Å². The number of anilines is 1. The molecule has 0 unspecified atom stereocenters. The van der Waals surface area contributed by atoms with Gasteiger partial charge in [-0.1, -0.05) is 19.1 Å². The van der Waals surface area contributed by atoms with Crippen molar-refractivity contribution >= 4 is 23.5 Å². The van der Waals surface area contributed by atoms with Gasteiger partial charge >= 0.3 is 5.97 Å². The fourth-order valence-electron chi connectivity index (χ4n) is 3.27. The van der Waals surface area contributed by atoms with Crippen LogP contribution in [0.1, 0.15) is 43.0 Å². The maximum atomic E-state index is 12.7. The van der Waals surface area contributed by atoms with Gasteiger partial charge in [0, 0.05) is 24.7 Å². The summed E-state index contributed by atoms with van der Waals surface area (Å²) in [5.41, 5.74) is 1.01. The quantitative estimate of drug-likeness (QED) is 0.492. The maximum Gasteiger partial charge on any atom is 0.338 e. The minimum absolute atomic E-state index is 0.117. The molecule has 0 aliphatic heterocycles. The number of nitrogens with one attached hydrogen (secondary N) is 1. The molecule has 2 aromatic carbocycles. The monoisotopic (exact) mass is 454 g/mol. The van der Waals surface area contributed by atoms with Gasteiger partial charge in [0.1, 0.15) is 0 Å². The minimum atomic E-state index is -0.386. The van der Waals surface area contributed by atoms with E-state index in [0.29, 0.717) is 35.9 Å². The van der Waals surface area contributed by atoms with Crippen molar-refractivity contribution in [2.45, 2.75) is 38.6 Å². The molecule has 3 rings (SSSR count). The average molecular weight is 455 g/mol. The minimum Gasteiger partial charge on any atom is -0.493 e. The molecule has 0 spiro atoms. The van der Waals surface area contributed by atoms with Crippen LogP contribution < -0.4 is 14.8 Å². The summed E-state index contributed by atoms with van der Waals surface area (Å²) in [5.74, 6) is 0.311. The van der Waals surface area contributed by atoms with Crippen LogP contribution in [0, 0.1) is 0 Å². The molecule has 1 saturated carbocycles. The second-order valence-corrected chi connectivity index (χ2v) is 7.77. The SMILES string of the molecule is CCCOC(=O)c1ccc(NC(=O)CCN(C(=O)COc2ccccc2OC)C2CC2)cc1. The van der Waals surface area contributed by atoms with Crippen molar-refractivity contribution in [3.63, 3.8) is 0 Å². The van der Waals surface area contributed by atoms with E-state index in [2.05, 4.69) is 5.32 Å². The van der Waals surface area contributed by atoms with E-state index in [9.17, 15) is 14.4 Å². The van der Waals surface area contributed by atoms with E-state index < -0.39 is 0 Å². The zero-order chi connectivity index (χ0) is 23.6. The smallest absolute Gasteiger partial charge is 0.338 e. The van der Waals surface area contributed by atoms with E-state index >= 15 is 0 Å². The molecule has 176 valence electrons. The summed E-state index contributed by atoms with van der Waals surface area (Å²) in [6.45, 7) is 2.49. The van der Waals surface area contributed by atoms with Crippen LogP contribution in [0.3, 0.4) is 0 Å². The molecule has 0 bridgehead atoms. The molecule has 0 aromatic heterocycles. The number of carbonyl (C=O) groups is 3. The molecule has 1 aliphatic carbocycles. The zero-order valence-corrected chi connectivity index (χ0v) is 19.0. The van der Waals surface area contributed by atoms with E-state index in [4.69, 9.17) is 14.2 Å². The summed E-state index contributed by atoms with van der Waals surface area (Å²) < 4.78 is 16.0. The van der Waals surface area contributed by atoms with Crippen molar-refractivity contribution < 1.29 is 28.6 Å². The number of amides is 2. The van der Waals surface area contributed by atoms with Gasteiger partial charge in [-0.05, 0) is 55.7 Å². The van der Waals surface area contributed by atoms with Crippen LogP contribution in [0.4, 0.5) is 5.69 Å². The Bertz CT molecular complexity index is 956. The lowest BCUT2D eigenvalue weighted by molar-refractivity contribution is -0.134. The van der Waals surface area contributed by atoms with E-state index in [1.165, 1.54) is 0 Å². The standard InChI is InChI=1S/C25H30N2O6/c1-3-16-32-25(30)18-8-10-19(11-9-18)26-23(28)14-15-27(20-12-13-20)24(29)17-33-22-7-5-4-6-21(22)31-2/h4-11,20H,3,12-17H2,1-2H3,(H,26,28). The third kappa shape index (κ3) is 7.24. The third-order valence-corrected chi connectivity index (χ3v) is 5.15. The Hall–Kier alpha value is -3.55. The maximum absolute atomic E-state index is 12.7. The number of ether oxygens (including phenoxy) is 3. The Morgan fingerprint density at radius 2 is 1.73 bits per heavy atom. The Morgan fingerprint density at radius 1 is 1.03 bits per heavy atom. The van der Waals surface area contributed by atoms with E-state index in [1.807, 2.05) is 19.1 Å². The number of carbonyl (C=O) groups excluding carboxylic acids is 3. The predicted molar refractivity (Wildman–Crippen MR) is 123 cm³/mol. The highest BCUT2D eigenvalue weighted by Gasteiger charge is 2.32. The van der Waals surface area contributed by atoms with Crippen LogP contribution in [-0.4, -0.2) is 55.6 Å². The van der Waals surface area contributed by atoms with E-state index in [1.54, 1.807) is 48.4 Å². The highest BCUT2D eigenvalue weighted by molar-refractivity contribution is 5.93. The molecule has 0 radical (unpaired) electrons. The summed E-state index contributed by atoms with van der Waals surface area (Å²) in [5, 5.41) is 2.80. The highest BCUT2D eigenvalue weighted by Crippen LogP contribution is 2.29. The first-order chi connectivity index (χ1) is 16.0. The molecule has 8 nitrogen and oxygen atoms in total. The second kappa shape index (κ2) is 11.9. The fourth-order valence-corrected chi connectivity index (χ4v) is 3.27. The Morgan fingerprint density at radius 3 is 2.36 bits per heavy atom. The second-order valence-electron chi connectivity index (χ2n) is 7.77. The number of hydrogen-bond donors (Lipinski definition) is 1.